The molecule has 2 N–H and O–H groups in total. The highest BCUT2D eigenvalue weighted by molar-refractivity contribution is 9.10. The second-order valence-electron chi connectivity index (χ2n) is 11.7. The van der Waals surface area contributed by atoms with Gasteiger partial charge in [-0.25, -0.2) is 4.79 Å². The molecular formula is C34H36BrClN4O6. The van der Waals surface area contributed by atoms with E-state index in [1.807, 2.05) is 64.1 Å². The minimum atomic E-state index is -0.595. The van der Waals surface area contributed by atoms with Crippen molar-refractivity contribution in [2.24, 2.45) is 4.99 Å². The van der Waals surface area contributed by atoms with Crippen molar-refractivity contribution < 1.29 is 29.0 Å². The second kappa shape index (κ2) is 14.9. The molecule has 5 rings (SSSR count). The lowest BCUT2D eigenvalue weighted by Gasteiger charge is -2.36. The molecule has 1 fully saturated rings. The van der Waals surface area contributed by atoms with Gasteiger partial charge in [-0.1, -0.05) is 64.8 Å². The number of ether oxygens (including phenoxy) is 1. The molecule has 2 heterocycles. The number of hydrogen-bond acceptors (Lipinski definition) is 6. The Morgan fingerprint density at radius 3 is 2.30 bits per heavy atom. The van der Waals surface area contributed by atoms with E-state index in [0.717, 1.165) is 15.6 Å². The van der Waals surface area contributed by atoms with E-state index in [9.17, 15) is 14.4 Å². The van der Waals surface area contributed by atoms with Crippen LogP contribution in [0, 0.1) is 0 Å². The maximum atomic E-state index is 14.5. The number of ketones is 1. The van der Waals surface area contributed by atoms with Gasteiger partial charge in [0.25, 0.3) is 6.47 Å². The third kappa shape index (κ3) is 8.13. The molecule has 1 saturated heterocycles. The summed E-state index contributed by atoms with van der Waals surface area (Å²) in [7, 11) is 0. The van der Waals surface area contributed by atoms with Crippen molar-refractivity contribution in [2.75, 3.05) is 19.6 Å². The van der Waals surface area contributed by atoms with Crippen molar-refractivity contribution in [3.63, 3.8) is 0 Å². The number of aliphatic imine (C=N–C) groups is 1. The van der Waals surface area contributed by atoms with Crippen molar-refractivity contribution in [1.82, 2.24) is 15.1 Å². The van der Waals surface area contributed by atoms with Gasteiger partial charge in [0.15, 0.2) is 5.78 Å². The molecule has 0 spiro atoms. The number of amides is 3. The number of rotatable bonds is 6. The number of amidine groups is 1. The molecule has 46 heavy (non-hydrogen) atoms. The Labute approximate surface area is 281 Å². The van der Waals surface area contributed by atoms with Crippen LogP contribution < -0.4 is 10.1 Å². The maximum Gasteiger partial charge on any atom is 0.326 e. The average molecular weight is 712 g/mol. The van der Waals surface area contributed by atoms with Crippen molar-refractivity contribution in [1.29, 1.82) is 0 Å². The molecule has 12 heteroatoms. The van der Waals surface area contributed by atoms with E-state index in [0.29, 0.717) is 47.2 Å². The van der Waals surface area contributed by atoms with E-state index in [1.165, 1.54) is 0 Å². The molecule has 3 aromatic rings. The van der Waals surface area contributed by atoms with E-state index < -0.39 is 17.7 Å². The van der Waals surface area contributed by atoms with Crippen LogP contribution in [0.2, 0.25) is 5.02 Å². The van der Waals surface area contributed by atoms with Gasteiger partial charge < -0.3 is 20.1 Å². The van der Waals surface area contributed by atoms with Gasteiger partial charge >= 0.3 is 6.03 Å². The normalized spacial score (nSPS) is 17.8. The van der Waals surface area contributed by atoms with Gasteiger partial charge in [-0.05, 0) is 68.3 Å². The first kappa shape index (κ1) is 34.6. The molecule has 3 aromatic carbocycles. The van der Waals surface area contributed by atoms with Crippen molar-refractivity contribution in [3.05, 3.63) is 98.5 Å². The van der Waals surface area contributed by atoms with Crippen molar-refractivity contribution >= 4 is 57.6 Å². The van der Waals surface area contributed by atoms with E-state index in [-0.39, 0.29) is 30.7 Å². The largest absolute Gasteiger partial charge is 0.487 e. The zero-order valence-corrected chi connectivity index (χ0v) is 28.3. The van der Waals surface area contributed by atoms with Crippen LogP contribution in [0.25, 0.3) is 0 Å². The number of nitrogens with zero attached hydrogens (tertiary/aromatic N) is 3. The summed E-state index contributed by atoms with van der Waals surface area (Å²) < 4.78 is 7.33. The first-order chi connectivity index (χ1) is 21.9. The highest BCUT2D eigenvalue weighted by atomic mass is 79.9. The Bertz CT molecular complexity index is 1620. The van der Waals surface area contributed by atoms with Crippen LogP contribution in [0.1, 0.15) is 73.2 Å². The van der Waals surface area contributed by atoms with E-state index >= 15 is 0 Å². The van der Waals surface area contributed by atoms with E-state index in [2.05, 4.69) is 21.2 Å². The Kier molecular flexibility index (Phi) is 11.2. The number of carboxylic acid groups (broad SMARTS) is 1. The van der Waals surface area contributed by atoms with Crippen LogP contribution in [0.15, 0.2) is 76.2 Å². The molecule has 242 valence electrons. The van der Waals surface area contributed by atoms with E-state index in [4.69, 9.17) is 31.2 Å². The number of urea groups is 1. The fourth-order valence-electron chi connectivity index (χ4n) is 5.31. The molecule has 2 aliphatic heterocycles. The third-order valence-electron chi connectivity index (χ3n) is 7.29. The molecule has 2 aliphatic rings. The Morgan fingerprint density at radius 1 is 1.09 bits per heavy atom. The summed E-state index contributed by atoms with van der Waals surface area (Å²) >= 11 is 9.80. The molecule has 0 radical (unpaired) electrons. The smallest absolute Gasteiger partial charge is 0.326 e. The first-order valence-corrected chi connectivity index (χ1v) is 15.9. The number of halogens is 2. The van der Waals surface area contributed by atoms with Crippen molar-refractivity contribution in [2.45, 2.75) is 51.8 Å². The van der Waals surface area contributed by atoms with Crippen LogP contribution in [0.3, 0.4) is 0 Å². The van der Waals surface area contributed by atoms with Crippen LogP contribution in [-0.2, 0) is 9.59 Å². The van der Waals surface area contributed by atoms with Gasteiger partial charge in [-0.2, -0.15) is 0 Å². The zero-order chi connectivity index (χ0) is 33.6. The standard InChI is InChI=1S/C33H34BrClN4O4.CH2O2/c1-5-26(40)22-10-15-25(27(18-22)43-33(2,3)4)31-37-29(20-6-11-23(34)12-7-20)30(21-8-13-24(35)14-9-21)39(31)32(42)38-17-16-36-28(41)19-38;2-1-3/h6-15,18,29-30H,5,16-17,19H2,1-4H3,(H,36,41);1H,(H,2,3). The van der Waals surface area contributed by atoms with Gasteiger partial charge in [-0.3, -0.25) is 24.3 Å². The summed E-state index contributed by atoms with van der Waals surface area (Å²) in [4.78, 5) is 56.3. The average Bonchev–Trinajstić information content (AvgIpc) is 3.41. The Hall–Kier alpha value is -4.22. The predicted molar refractivity (Wildman–Crippen MR) is 180 cm³/mol. The molecule has 0 aromatic heterocycles. The summed E-state index contributed by atoms with van der Waals surface area (Å²) in [6.07, 6.45) is 0.348. The summed E-state index contributed by atoms with van der Waals surface area (Å²) in [6, 6.07) is 19.2. The van der Waals surface area contributed by atoms with Crippen LogP contribution in [0.5, 0.6) is 5.75 Å². The summed E-state index contributed by atoms with van der Waals surface area (Å²) in [5.41, 5.74) is 2.25. The summed E-state index contributed by atoms with van der Waals surface area (Å²) in [5, 5.41) is 10.3. The number of hydrogen-bond donors (Lipinski definition) is 2. The molecule has 3 amide bonds. The predicted octanol–water partition coefficient (Wildman–Crippen LogP) is 6.67. The molecule has 0 saturated carbocycles. The zero-order valence-electron chi connectivity index (χ0n) is 26.0. The molecule has 2 unspecified atom stereocenters. The first-order valence-electron chi connectivity index (χ1n) is 14.7. The lowest BCUT2D eigenvalue weighted by Crippen LogP contribution is -2.55. The SMILES string of the molecule is CCC(=O)c1ccc(C2=NC(c3ccc(Br)cc3)C(c3ccc(Cl)cc3)N2C(=O)N2CCNC(=O)C2)c(OC(C)(C)C)c1.O=CO. The molecule has 10 nitrogen and oxygen atoms in total. The fraction of sp³-hybridized carbons (Fsp3) is 0.324. The van der Waals surface area contributed by atoms with Crippen LogP contribution in [-0.4, -0.2) is 70.2 Å². The van der Waals surface area contributed by atoms with Crippen molar-refractivity contribution in [3.8, 4) is 5.75 Å². The molecular weight excluding hydrogens is 676 g/mol. The van der Waals surface area contributed by atoms with Crippen LogP contribution in [0.4, 0.5) is 4.79 Å². The topological polar surface area (TPSA) is 129 Å². The minimum Gasteiger partial charge on any atom is -0.487 e. The number of carbonyl (C=O) groups excluding carboxylic acids is 3. The Balaban J connectivity index is 0.00000154. The van der Waals surface area contributed by atoms with Gasteiger partial charge in [-0.15, -0.1) is 0 Å². The second-order valence-corrected chi connectivity index (χ2v) is 13.0. The fourth-order valence-corrected chi connectivity index (χ4v) is 5.70. The highest BCUT2D eigenvalue weighted by Crippen LogP contribution is 2.46. The molecule has 0 bridgehead atoms. The van der Waals surface area contributed by atoms with Gasteiger partial charge in [0, 0.05) is 34.6 Å². The lowest BCUT2D eigenvalue weighted by molar-refractivity contribution is -0.124. The number of Topliss-reactive ketones (excluding diaryl/α,β-unsaturated/α-hetero) is 1. The van der Waals surface area contributed by atoms with E-state index in [1.54, 1.807) is 40.1 Å². The number of piperazine rings is 1. The minimum absolute atomic E-state index is 0.0160. The number of benzene rings is 3. The van der Waals surface area contributed by atoms with Gasteiger partial charge in [0.2, 0.25) is 5.91 Å². The Morgan fingerprint density at radius 2 is 1.72 bits per heavy atom. The number of carbonyl (C=O) groups is 4. The number of nitrogens with one attached hydrogen (secondary N) is 1. The summed E-state index contributed by atoms with van der Waals surface area (Å²) in [5.74, 6) is 0.617. The van der Waals surface area contributed by atoms with Gasteiger partial charge in [0.05, 0.1) is 11.6 Å². The maximum absolute atomic E-state index is 14.5. The third-order valence-corrected chi connectivity index (χ3v) is 8.07. The van der Waals surface area contributed by atoms with Gasteiger partial charge in [0.1, 0.15) is 29.8 Å². The lowest BCUT2D eigenvalue weighted by atomic mass is 9.93. The highest BCUT2D eigenvalue weighted by Gasteiger charge is 2.45. The molecule has 0 aliphatic carbocycles. The quantitative estimate of drug-likeness (QED) is 0.217. The molecule has 2 atom stereocenters. The monoisotopic (exact) mass is 710 g/mol. The summed E-state index contributed by atoms with van der Waals surface area (Å²) in [6.45, 7) is 8.01. The van der Waals surface area contributed by atoms with Crippen LogP contribution >= 0.6 is 27.5 Å².